The number of benzene rings is 2. The Hall–Kier alpha value is -2.81. The lowest BCUT2D eigenvalue weighted by Crippen LogP contribution is -2.32. The molecule has 0 radical (unpaired) electrons. The quantitative estimate of drug-likeness (QED) is 0.612. The molecule has 2 aromatic carbocycles. The molecule has 0 unspecified atom stereocenters. The molecule has 0 fully saturated rings. The van der Waals surface area contributed by atoms with Crippen molar-refractivity contribution in [3.05, 3.63) is 65.2 Å². The molecule has 1 aliphatic heterocycles. The van der Waals surface area contributed by atoms with Gasteiger partial charge in [0.1, 0.15) is 0 Å². The minimum Gasteiger partial charge on any atom is -0.324 e. The summed E-state index contributed by atoms with van der Waals surface area (Å²) in [5.41, 5.74) is -4.32. The van der Waals surface area contributed by atoms with Gasteiger partial charge in [-0.25, -0.2) is 4.79 Å². The SMILES string of the molecule is O=C(ON1C(=O)c2ccccc2C1=O)c1ccc(SC(F)(F)F)cc1. The van der Waals surface area contributed by atoms with E-state index < -0.39 is 23.3 Å². The predicted octanol–water partition coefficient (Wildman–Crippen LogP) is 3.67. The van der Waals surface area contributed by atoms with Crippen molar-refractivity contribution in [2.75, 3.05) is 0 Å². The first-order valence-electron chi connectivity index (χ1n) is 6.82. The van der Waals surface area contributed by atoms with Crippen molar-refractivity contribution in [2.24, 2.45) is 0 Å². The van der Waals surface area contributed by atoms with Crippen LogP contribution in [-0.4, -0.2) is 28.4 Å². The molecule has 1 aliphatic rings. The van der Waals surface area contributed by atoms with Crippen molar-refractivity contribution >= 4 is 29.5 Å². The van der Waals surface area contributed by atoms with Crippen molar-refractivity contribution in [2.45, 2.75) is 10.4 Å². The third-order valence-electron chi connectivity index (χ3n) is 3.25. The second-order valence-corrected chi connectivity index (χ2v) is 6.04. The lowest BCUT2D eigenvalue weighted by Gasteiger charge is -2.13. The normalized spacial score (nSPS) is 13.8. The van der Waals surface area contributed by atoms with Crippen molar-refractivity contribution in [3.8, 4) is 0 Å². The van der Waals surface area contributed by atoms with Gasteiger partial charge in [0.15, 0.2) is 0 Å². The van der Waals surface area contributed by atoms with Crippen LogP contribution in [0.3, 0.4) is 0 Å². The maximum Gasteiger partial charge on any atom is 0.446 e. The van der Waals surface area contributed by atoms with Crippen LogP contribution in [0.1, 0.15) is 31.1 Å². The molecule has 1 heterocycles. The Kier molecular flexibility index (Phi) is 4.25. The van der Waals surface area contributed by atoms with E-state index in [1.165, 1.54) is 12.1 Å². The van der Waals surface area contributed by atoms with Gasteiger partial charge in [-0.3, -0.25) is 9.59 Å². The first kappa shape index (κ1) is 17.0. The molecular weight excluding hydrogens is 359 g/mol. The standard InChI is InChI=1S/C16H8F3NO4S/c17-16(18,19)25-10-7-5-9(6-8-10)15(23)24-20-13(21)11-3-1-2-4-12(11)14(20)22/h1-8H. The summed E-state index contributed by atoms with van der Waals surface area (Å²) in [6.07, 6.45) is 0. The summed E-state index contributed by atoms with van der Waals surface area (Å²) < 4.78 is 36.8. The van der Waals surface area contributed by atoms with Gasteiger partial charge in [0.05, 0.1) is 16.7 Å². The van der Waals surface area contributed by atoms with Crippen LogP contribution in [0.25, 0.3) is 0 Å². The van der Waals surface area contributed by atoms with E-state index in [1.807, 2.05) is 0 Å². The minimum absolute atomic E-state index is 0.0944. The third kappa shape index (κ3) is 3.50. The molecular formula is C16H8F3NO4S. The summed E-state index contributed by atoms with van der Waals surface area (Å²) in [4.78, 5) is 40.9. The summed E-state index contributed by atoms with van der Waals surface area (Å²) >= 11 is -0.324. The zero-order valence-electron chi connectivity index (χ0n) is 12.2. The Morgan fingerprint density at radius 1 is 0.920 bits per heavy atom. The molecule has 0 saturated carbocycles. The molecule has 0 aliphatic carbocycles. The Bertz CT molecular complexity index is 829. The number of halogens is 3. The molecule has 0 bridgehead atoms. The Labute approximate surface area is 143 Å². The van der Waals surface area contributed by atoms with Gasteiger partial charge in [-0.15, -0.1) is 0 Å². The summed E-state index contributed by atoms with van der Waals surface area (Å²) in [5, 5.41) is 0.339. The van der Waals surface area contributed by atoms with E-state index in [4.69, 9.17) is 4.84 Å². The number of rotatable bonds is 3. The highest BCUT2D eigenvalue weighted by Crippen LogP contribution is 2.36. The fourth-order valence-corrected chi connectivity index (χ4v) is 2.72. The lowest BCUT2D eigenvalue weighted by atomic mass is 10.1. The minimum atomic E-state index is -4.44. The van der Waals surface area contributed by atoms with Crippen LogP contribution in [-0.2, 0) is 4.84 Å². The van der Waals surface area contributed by atoms with Crippen LogP contribution in [0.15, 0.2) is 53.4 Å². The number of thioether (sulfide) groups is 1. The molecule has 2 amide bonds. The summed E-state index contributed by atoms with van der Waals surface area (Å²) in [6, 6.07) is 10.4. The molecule has 3 rings (SSSR count). The highest BCUT2D eigenvalue weighted by atomic mass is 32.2. The van der Waals surface area contributed by atoms with E-state index in [9.17, 15) is 27.6 Å². The first-order chi connectivity index (χ1) is 11.8. The summed E-state index contributed by atoms with van der Waals surface area (Å²) in [6.45, 7) is 0. The lowest BCUT2D eigenvalue weighted by molar-refractivity contribution is -0.0584. The molecule has 25 heavy (non-hydrogen) atoms. The van der Waals surface area contributed by atoms with Gasteiger partial charge in [-0.05, 0) is 48.2 Å². The molecule has 0 N–H and O–H groups in total. The number of hydrogen-bond acceptors (Lipinski definition) is 5. The number of carbonyl (C=O) groups excluding carboxylic acids is 3. The Morgan fingerprint density at radius 2 is 1.44 bits per heavy atom. The molecule has 0 atom stereocenters. The number of fused-ring (bicyclic) bond motifs is 1. The van der Waals surface area contributed by atoms with Gasteiger partial charge in [0, 0.05) is 4.90 Å². The van der Waals surface area contributed by atoms with Crippen LogP contribution in [0, 0.1) is 0 Å². The molecule has 2 aromatic rings. The Morgan fingerprint density at radius 3 is 1.92 bits per heavy atom. The van der Waals surface area contributed by atoms with Crippen LogP contribution in [0.2, 0.25) is 0 Å². The third-order valence-corrected chi connectivity index (χ3v) is 3.99. The second kappa shape index (κ2) is 6.25. The molecule has 0 spiro atoms. The van der Waals surface area contributed by atoms with Crippen LogP contribution in [0.4, 0.5) is 13.2 Å². The van der Waals surface area contributed by atoms with Gasteiger partial charge >= 0.3 is 11.5 Å². The number of hydrogen-bond donors (Lipinski definition) is 0. The number of nitrogens with zero attached hydrogens (tertiary/aromatic N) is 1. The van der Waals surface area contributed by atoms with Crippen LogP contribution in [0.5, 0.6) is 0 Å². The molecule has 0 saturated heterocycles. The van der Waals surface area contributed by atoms with E-state index in [0.29, 0.717) is 5.06 Å². The summed E-state index contributed by atoms with van der Waals surface area (Å²) in [7, 11) is 0. The first-order valence-corrected chi connectivity index (χ1v) is 7.64. The number of alkyl halides is 3. The van der Waals surface area contributed by atoms with E-state index in [0.717, 1.165) is 24.3 Å². The fourth-order valence-electron chi connectivity index (χ4n) is 2.18. The van der Waals surface area contributed by atoms with Crippen molar-refractivity contribution in [3.63, 3.8) is 0 Å². The fraction of sp³-hybridized carbons (Fsp3) is 0.0625. The van der Waals surface area contributed by atoms with Gasteiger partial charge in [-0.2, -0.15) is 13.2 Å². The number of amides is 2. The van der Waals surface area contributed by atoms with Crippen molar-refractivity contribution in [1.82, 2.24) is 5.06 Å². The van der Waals surface area contributed by atoms with Crippen LogP contribution >= 0.6 is 11.8 Å². The molecule has 9 heteroatoms. The average Bonchev–Trinajstić information content (AvgIpc) is 2.79. The van der Waals surface area contributed by atoms with Gasteiger partial charge in [0.25, 0.3) is 11.8 Å². The van der Waals surface area contributed by atoms with E-state index >= 15 is 0 Å². The van der Waals surface area contributed by atoms with E-state index in [2.05, 4.69) is 0 Å². The number of carbonyl (C=O) groups is 3. The van der Waals surface area contributed by atoms with Gasteiger partial charge in [-0.1, -0.05) is 17.2 Å². The molecule has 5 nitrogen and oxygen atoms in total. The van der Waals surface area contributed by atoms with E-state index in [-0.39, 0.29) is 33.3 Å². The highest BCUT2D eigenvalue weighted by molar-refractivity contribution is 8.00. The maximum absolute atomic E-state index is 12.3. The van der Waals surface area contributed by atoms with Gasteiger partial charge < -0.3 is 4.84 Å². The second-order valence-electron chi connectivity index (χ2n) is 4.90. The number of imide groups is 1. The largest absolute Gasteiger partial charge is 0.446 e. The van der Waals surface area contributed by atoms with Crippen LogP contribution < -0.4 is 0 Å². The maximum atomic E-state index is 12.3. The highest BCUT2D eigenvalue weighted by Gasteiger charge is 2.38. The predicted molar refractivity (Wildman–Crippen MR) is 80.7 cm³/mol. The summed E-state index contributed by atoms with van der Waals surface area (Å²) in [5.74, 6) is -2.59. The van der Waals surface area contributed by atoms with Gasteiger partial charge in [0.2, 0.25) is 0 Å². The zero-order valence-corrected chi connectivity index (χ0v) is 13.1. The number of hydroxylamine groups is 2. The molecule has 128 valence electrons. The molecule has 0 aromatic heterocycles. The zero-order chi connectivity index (χ0) is 18.2. The topological polar surface area (TPSA) is 63.7 Å². The Balaban J connectivity index is 1.73. The van der Waals surface area contributed by atoms with E-state index in [1.54, 1.807) is 12.1 Å². The van der Waals surface area contributed by atoms with Crippen molar-refractivity contribution < 1.29 is 32.4 Å². The van der Waals surface area contributed by atoms with Crippen molar-refractivity contribution in [1.29, 1.82) is 0 Å². The smallest absolute Gasteiger partial charge is 0.324 e. The monoisotopic (exact) mass is 367 g/mol. The average molecular weight is 367 g/mol.